The van der Waals surface area contributed by atoms with E-state index >= 15 is 0 Å². The van der Waals surface area contributed by atoms with Gasteiger partial charge in [-0.05, 0) is 48.8 Å². The molecular formula is C14H18N2. The SMILES string of the molecule is Cc1cc2c(c3nccn13)CCC2C(C)C. The van der Waals surface area contributed by atoms with Gasteiger partial charge in [-0.2, -0.15) is 0 Å². The fourth-order valence-corrected chi connectivity index (χ4v) is 3.06. The van der Waals surface area contributed by atoms with Crippen molar-refractivity contribution in [2.75, 3.05) is 0 Å². The molecule has 16 heavy (non-hydrogen) atoms. The van der Waals surface area contributed by atoms with Crippen LogP contribution in [0.1, 0.15) is 43.0 Å². The van der Waals surface area contributed by atoms with Gasteiger partial charge in [0.15, 0.2) is 0 Å². The quantitative estimate of drug-likeness (QED) is 0.711. The summed E-state index contributed by atoms with van der Waals surface area (Å²) >= 11 is 0. The molecule has 0 amide bonds. The number of nitrogens with zero attached hydrogens (tertiary/aromatic N) is 2. The van der Waals surface area contributed by atoms with Crippen LogP contribution in [0.4, 0.5) is 0 Å². The molecule has 2 nitrogen and oxygen atoms in total. The van der Waals surface area contributed by atoms with E-state index < -0.39 is 0 Å². The average molecular weight is 214 g/mol. The summed E-state index contributed by atoms with van der Waals surface area (Å²) in [6.07, 6.45) is 6.46. The topological polar surface area (TPSA) is 17.3 Å². The van der Waals surface area contributed by atoms with E-state index in [1.54, 1.807) is 5.56 Å². The first-order valence-electron chi connectivity index (χ1n) is 6.14. The minimum Gasteiger partial charge on any atom is -0.304 e. The molecular weight excluding hydrogens is 196 g/mol. The van der Waals surface area contributed by atoms with Crippen LogP contribution in [-0.2, 0) is 6.42 Å². The molecule has 2 aromatic rings. The molecule has 0 radical (unpaired) electrons. The normalized spacial score (nSPS) is 19.6. The summed E-state index contributed by atoms with van der Waals surface area (Å²) in [5.74, 6) is 1.47. The summed E-state index contributed by atoms with van der Waals surface area (Å²) < 4.78 is 2.21. The van der Waals surface area contributed by atoms with Crippen molar-refractivity contribution >= 4 is 5.65 Å². The smallest absolute Gasteiger partial charge is 0.140 e. The molecule has 1 aliphatic carbocycles. The van der Waals surface area contributed by atoms with E-state index in [-0.39, 0.29) is 0 Å². The lowest BCUT2D eigenvalue weighted by Gasteiger charge is -2.16. The van der Waals surface area contributed by atoms with Crippen molar-refractivity contribution in [2.24, 2.45) is 5.92 Å². The lowest BCUT2D eigenvalue weighted by atomic mass is 9.90. The Kier molecular flexibility index (Phi) is 2.06. The first-order valence-corrected chi connectivity index (χ1v) is 6.14. The molecule has 0 fully saturated rings. The zero-order chi connectivity index (χ0) is 11.3. The van der Waals surface area contributed by atoms with Crippen molar-refractivity contribution in [1.29, 1.82) is 0 Å². The molecule has 0 aromatic carbocycles. The van der Waals surface area contributed by atoms with Crippen LogP contribution in [-0.4, -0.2) is 9.38 Å². The number of fused-ring (bicyclic) bond motifs is 3. The maximum atomic E-state index is 4.51. The number of imidazole rings is 1. The molecule has 0 aliphatic heterocycles. The summed E-state index contributed by atoms with van der Waals surface area (Å²) in [6, 6.07) is 2.36. The molecule has 1 atom stereocenters. The lowest BCUT2D eigenvalue weighted by molar-refractivity contribution is 0.495. The van der Waals surface area contributed by atoms with Crippen LogP contribution in [0.15, 0.2) is 18.5 Å². The Morgan fingerprint density at radius 3 is 3.00 bits per heavy atom. The maximum Gasteiger partial charge on any atom is 0.140 e. The van der Waals surface area contributed by atoms with Crippen molar-refractivity contribution in [2.45, 2.75) is 39.5 Å². The average Bonchev–Trinajstić information content (AvgIpc) is 2.80. The molecule has 1 aliphatic rings. The molecule has 0 bridgehead atoms. The molecule has 3 rings (SSSR count). The third kappa shape index (κ3) is 1.22. The van der Waals surface area contributed by atoms with Crippen LogP contribution in [0, 0.1) is 12.8 Å². The van der Waals surface area contributed by atoms with Crippen LogP contribution in [0.25, 0.3) is 5.65 Å². The lowest BCUT2D eigenvalue weighted by Crippen LogP contribution is -2.04. The second kappa shape index (κ2) is 3.34. The van der Waals surface area contributed by atoms with Crippen molar-refractivity contribution in [3.05, 3.63) is 35.3 Å². The summed E-state index contributed by atoms with van der Waals surface area (Å²) in [7, 11) is 0. The molecule has 1 unspecified atom stereocenters. The third-order valence-electron chi connectivity index (χ3n) is 3.91. The number of hydrogen-bond donors (Lipinski definition) is 0. The fraction of sp³-hybridized carbons (Fsp3) is 0.500. The van der Waals surface area contributed by atoms with Crippen molar-refractivity contribution in [3.63, 3.8) is 0 Å². The Hall–Kier alpha value is -1.31. The van der Waals surface area contributed by atoms with Gasteiger partial charge in [-0.3, -0.25) is 0 Å². The van der Waals surface area contributed by atoms with Gasteiger partial charge in [0.05, 0.1) is 0 Å². The first kappa shape index (κ1) is 9.88. The van der Waals surface area contributed by atoms with Gasteiger partial charge >= 0.3 is 0 Å². The highest BCUT2D eigenvalue weighted by Crippen LogP contribution is 2.40. The highest BCUT2D eigenvalue weighted by molar-refractivity contribution is 5.56. The van der Waals surface area contributed by atoms with Gasteiger partial charge < -0.3 is 4.40 Å². The van der Waals surface area contributed by atoms with Gasteiger partial charge in [-0.1, -0.05) is 13.8 Å². The molecule has 0 saturated carbocycles. The molecule has 2 aromatic heterocycles. The second-order valence-electron chi connectivity index (χ2n) is 5.23. The molecule has 84 valence electrons. The van der Waals surface area contributed by atoms with E-state index in [9.17, 15) is 0 Å². The van der Waals surface area contributed by atoms with Crippen LogP contribution in [0.5, 0.6) is 0 Å². The van der Waals surface area contributed by atoms with Gasteiger partial charge in [0.2, 0.25) is 0 Å². The summed E-state index contributed by atoms with van der Waals surface area (Å²) in [4.78, 5) is 4.51. The van der Waals surface area contributed by atoms with Gasteiger partial charge in [-0.25, -0.2) is 4.98 Å². The van der Waals surface area contributed by atoms with Crippen molar-refractivity contribution in [1.82, 2.24) is 9.38 Å². The largest absolute Gasteiger partial charge is 0.304 e. The van der Waals surface area contributed by atoms with Crippen molar-refractivity contribution in [3.8, 4) is 0 Å². The van der Waals surface area contributed by atoms with Gasteiger partial charge in [-0.15, -0.1) is 0 Å². The summed E-state index contributed by atoms with van der Waals surface area (Å²) in [6.45, 7) is 6.82. The number of pyridine rings is 1. The Balaban J connectivity index is 2.27. The summed E-state index contributed by atoms with van der Waals surface area (Å²) in [5.41, 5.74) is 5.51. The molecule has 2 heterocycles. The Labute approximate surface area is 96.3 Å². The zero-order valence-electron chi connectivity index (χ0n) is 10.2. The van der Waals surface area contributed by atoms with E-state index in [1.807, 2.05) is 6.20 Å². The Bertz CT molecular complexity index is 537. The summed E-state index contributed by atoms with van der Waals surface area (Å²) in [5, 5.41) is 0. The number of aryl methyl sites for hydroxylation is 2. The van der Waals surface area contributed by atoms with Gasteiger partial charge in [0.1, 0.15) is 5.65 Å². The highest BCUT2D eigenvalue weighted by Gasteiger charge is 2.27. The Morgan fingerprint density at radius 2 is 2.25 bits per heavy atom. The molecule has 0 N–H and O–H groups in total. The van der Waals surface area contributed by atoms with Crippen LogP contribution in [0.2, 0.25) is 0 Å². The van der Waals surface area contributed by atoms with Crippen LogP contribution < -0.4 is 0 Å². The minimum absolute atomic E-state index is 0.732. The van der Waals surface area contributed by atoms with E-state index in [2.05, 4.69) is 42.4 Å². The zero-order valence-corrected chi connectivity index (χ0v) is 10.2. The van der Waals surface area contributed by atoms with Crippen molar-refractivity contribution < 1.29 is 0 Å². The number of hydrogen-bond acceptors (Lipinski definition) is 1. The molecule has 0 spiro atoms. The Morgan fingerprint density at radius 1 is 1.44 bits per heavy atom. The van der Waals surface area contributed by atoms with E-state index in [4.69, 9.17) is 0 Å². The fourth-order valence-electron chi connectivity index (χ4n) is 3.06. The number of aromatic nitrogens is 2. The van der Waals surface area contributed by atoms with E-state index in [0.29, 0.717) is 0 Å². The first-order chi connectivity index (χ1) is 7.68. The van der Waals surface area contributed by atoms with Gasteiger partial charge in [0.25, 0.3) is 0 Å². The predicted octanol–water partition coefficient (Wildman–Crippen LogP) is 3.33. The second-order valence-corrected chi connectivity index (χ2v) is 5.23. The van der Waals surface area contributed by atoms with Crippen LogP contribution >= 0.6 is 0 Å². The maximum absolute atomic E-state index is 4.51. The standard InChI is InChI=1S/C14H18N2/c1-9(2)11-4-5-12-13(11)8-10(3)16-7-6-15-14(12)16/h6-9,11H,4-5H2,1-3H3. The van der Waals surface area contributed by atoms with E-state index in [0.717, 1.165) is 11.8 Å². The number of rotatable bonds is 1. The van der Waals surface area contributed by atoms with Crippen LogP contribution in [0.3, 0.4) is 0 Å². The van der Waals surface area contributed by atoms with E-state index in [1.165, 1.54) is 29.7 Å². The third-order valence-corrected chi connectivity index (χ3v) is 3.91. The monoisotopic (exact) mass is 214 g/mol. The molecule has 2 heteroatoms. The minimum atomic E-state index is 0.732. The molecule has 0 saturated heterocycles. The van der Waals surface area contributed by atoms with Gasteiger partial charge in [0, 0.05) is 18.1 Å². The highest BCUT2D eigenvalue weighted by atomic mass is 15.0. The predicted molar refractivity (Wildman–Crippen MR) is 65.8 cm³/mol.